The smallest absolute Gasteiger partial charge is 0.191 e. The van der Waals surface area contributed by atoms with Gasteiger partial charge < -0.3 is 29.6 Å². The average Bonchev–Trinajstić information content (AvgIpc) is 3.46. The van der Waals surface area contributed by atoms with Gasteiger partial charge in [-0.15, -0.1) is 24.0 Å². The van der Waals surface area contributed by atoms with Crippen molar-refractivity contribution in [2.45, 2.75) is 64.2 Å². The molecule has 1 heterocycles. The Hall–Kier alpha value is -1.26. The number of methoxy groups -OCH3 is 1. The minimum atomic E-state index is 0. The molecule has 1 aliphatic carbocycles. The second kappa shape index (κ2) is 14.7. The highest BCUT2D eigenvalue weighted by molar-refractivity contribution is 14.0. The molecule has 8 heteroatoms. The van der Waals surface area contributed by atoms with Crippen molar-refractivity contribution in [3.63, 3.8) is 0 Å². The lowest BCUT2D eigenvalue weighted by atomic mass is 10.2. The maximum atomic E-state index is 6.29. The molecule has 1 aliphatic heterocycles. The Balaban J connectivity index is 0.00000341. The second-order valence-electron chi connectivity index (χ2n) is 7.83. The summed E-state index contributed by atoms with van der Waals surface area (Å²) in [5.41, 5.74) is 1.07. The van der Waals surface area contributed by atoms with Crippen molar-refractivity contribution < 1.29 is 18.9 Å². The van der Waals surface area contributed by atoms with Gasteiger partial charge in [0.1, 0.15) is 11.5 Å². The lowest BCUT2D eigenvalue weighted by Gasteiger charge is -2.17. The largest absolute Gasteiger partial charge is 0.497 e. The van der Waals surface area contributed by atoms with E-state index in [2.05, 4.69) is 17.6 Å². The Morgan fingerprint density at radius 2 is 2.00 bits per heavy atom. The van der Waals surface area contributed by atoms with Gasteiger partial charge in [0.2, 0.25) is 0 Å². The molecule has 0 aromatic heterocycles. The third-order valence-corrected chi connectivity index (χ3v) is 5.48. The van der Waals surface area contributed by atoms with Gasteiger partial charge in [-0.3, -0.25) is 0 Å². The van der Waals surface area contributed by atoms with Crippen molar-refractivity contribution in [1.29, 1.82) is 0 Å². The third-order valence-electron chi connectivity index (χ3n) is 5.48. The molecule has 7 nitrogen and oxygen atoms in total. The fourth-order valence-electron chi connectivity index (χ4n) is 3.77. The standard InChI is InChI=1S/C23H37N3O4.HI/c1-3-24-23(25-12-6-13-29-21-11-14-28-17-21)26-16-18-9-10-20(27-2)15-22(18)30-19-7-4-5-8-19;/h9-10,15,19,21H,3-8,11-14,16-17H2,1-2H3,(H2,24,25,26);1H. The van der Waals surface area contributed by atoms with Gasteiger partial charge in [-0.1, -0.05) is 0 Å². The van der Waals surface area contributed by atoms with Crippen LogP contribution in [0.25, 0.3) is 0 Å². The number of benzene rings is 1. The second-order valence-corrected chi connectivity index (χ2v) is 7.83. The Morgan fingerprint density at radius 1 is 1.16 bits per heavy atom. The molecule has 0 radical (unpaired) electrons. The fourth-order valence-corrected chi connectivity index (χ4v) is 3.77. The van der Waals surface area contributed by atoms with Crippen molar-refractivity contribution in [1.82, 2.24) is 10.6 Å². The monoisotopic (exact) mass is 547 g/mol. The summed E-state index contributed by atoms with van der Waals surface area (Å²) in [6.07, 6.45) is 7.24. The molecule has 2 N–H and O–H groups in total. The molecular weight excluding hydrogens is 509 g/mol. The first-order valence-electron chi connectivity index (χ1n) is 11.3. The van der Waals surface area contributed by atoms with Crippen molar-refractivity contribution in [3.8, 4) is 11.5 Å². The number of nitrogens with one attached hydrogen (secondary N) is 2. The van der Waals surface area contributed by atoms with Gasteiger partial charge in [-0.25, -0.2) is 4.99 Å². The normalized spacial score (nSPS) is 19.2. The average molecular weight is 547 g/mol. The molecule has 31 heavy (non-hydrogen) atoms. The van der Waals surface area contributed by atoms with Crippen LogP contribution in [0.1, 0.15) is 51.0 Å². The lowest BCUT2D eigenvalue weighted by Crippen LogP contribution is -2.38. The van der Waals surface area contributed by atoms with Gasteiger partial charge in [0.15, 0.2) is 5.96 Å². The summed E-state index contributed by atoms with van der Waals surface area (Å²) in [5.74, 6) is 2.51. The van der Waals surface area contributed by atoms with Gasteiger partial charge in [0.25, 0.3) is 0 Å². The Morgan fingerprint density at radius 3 is 2.71 bits per heavy atom. The molecule has 1 saturated carbocycles. The minimum absolute atomic E-state index is 0. The Bertz CT molecular complexity index is 662. The van der Waals surface area contributed by atoms with Gasteiger partial charge in [0, 0.05) is 37.9 Å². The first-order valence-corrected chi connectivity index (χ1v) is 11.3. The third kappa shape index (κ3) is 9.02. The van der Waals surface area contributed by atoms with E-state index in [9.17, 15) is 0 Å². The molecule has 3 rings (SSSR count). The van der Waals surface area contributed by atoms with E-state index >= 15 is 0 Å². The molecule has 0 amide bonds. The van der Waals surface area contributed by atoms with E-state index in [1.165, 1.54) is 12.8 Å². The lowest BCUT2D eigenvalue weighted by molar-refractivity contribution is 0.0420. The Kier molecular flexibility index (Phi) is 12.4. The summed E-state index contributed by atoms with van der Waals surface area (Å²) in [6.45, 7) is 6.53. The van der Waals surface area contributed by atoms with Crippen molar-refractivity contribution >= 4 is 29.9 Å². The molecule has 1 unspecified atom stereocenters. The maximum absolute atomic E-state index is 6.29. The highest BCUT2D eigenvalue weighted by atomic mass is 127. The summed E-state index contributed by atoms with van der Waals surface area (Å²) in [7, 11) is 1.68. The van der Waals surface area contributed by atoms with E-state index in [-0.39, 0.29) is 30.1 Å². The number of halogens is 1. The molecule has 2 aliphatic rings. The molecule has 1 aromatic carbocycles. The summed E-state index contributed by atoms with van der Waals surface area (Å²) in [4.78, 5) is 4.76. The molecule has 1 aromatic rings. The maximum Gasteiger partial charge on any atom is 0.191 e. The summed E-state index contributed by atoms with van der Waals surface area (Å²) in [6, 6.07) is 6.00. The molecule has 1 atom stereocenters. The van der Waals surface area contributed by atoms with Crippen molar-refractivity contribution in [2.75, 3.05) is 40.0 Å². The first kappa shape index (κ1) is 26.0. The van der Waals surface area contributed by atoms with Gasteiger partial charge in [0.05, 0.1) is 32.5 Å². The Labute approximate surface area is 203 Å². The van der Waals surface area contributed by atoms with Crippen LogP contribution in [0.5, 0.6) is 11.5 Å². The first-order chi connectivity index (χ1) is 14.8. The highest BCUT2D eigenvalue weighted by Gasteiger charge is 2.18. The number of aliphatic imine (C=N–C) groups is 1. The highest BCUT2D eigenvalue weighted by Crippen LogP contribution is 2.30. The zero-order chi connectivity index (χ0) is 21.0. The minimum Gasteiger partial charge on any atom is -0.497 e. The molecule has 0 bridgehead atoms. The van der Waals surface area contributed by atoms with E-state index < -0.39 is 0 Å². The van der Waals surface area contributed by atoms with E-state index in [1.54, 1.807) is 7.11 Å². The van der Waals surface area contributed by atoms with Crippen LogP contribution >= 0.6 is 24.0 Å². The number of hydrogen-bond acceptors (Lipinski definition) is 5. The molecule has 2 fully saturated rings. The number of rotatable bonds is 11. The van der Waals surface area contributed by atoms with Gasteiger partial charge in [-0.05, 0) is 57.6 Å². The van der Waals surface area contributed by atoms with Crippen LogP contribution in [0.15, 0.2) is 23.2 Å². The molecule has 176 valence electrons. The fraction of sp³-hybridized carbons (Fsp3) is 0.696. The van der Waals surface area contributed by atoms with E-state index in [0.717, 1.165) is 81.6 Å². The quantitative estimate of drug-likeness (QED) is 0.190. The summed E-state index contributed by atoms with van der Waals surface area (Å²) >= 11 is 0. The van der Waals surface area contributed by atoms with Crippen LogP contribution in [0.3, 0.4) is 0 Å². The SMILES string of the molecule is CCNC(=NCc1ccc(OC)cc1OC1CCCC1)NCCCOC1CCOC1.I. The molecule has 1 saturated heterocycles. The van der Waals surface area contributed by atoms with Gasteiger partial charge in [-0.2, -0.15) is 0 Å². The van der Waals surface area contributed by atoms with Crippen LogP contribution in [0.2, 0.25) is 0 Å². The topological polar surface area (TPSA) is 73.3 Å². The van der Waals surface area contributed by atoms with Crippen LogP contribution in [0, 0.1) is 0 Å². The zero-order valence-electron chi connectivity index (χ0n) is 18.9. The predicted molar refractivity (Wildman–Crippen MR) is 134 cm³/mol. The zero-order valence-corrected chi connectivity index (χ0v) is 21.2. The van der Waals surface area contributed by atoms with Crippen LogP contribution in [-0.4, -0.2) is 58.2 Å². The summed E-state index contributed by atoms with van der Waals surface area (Å²) in [5, 5.41) is 6.71. The van der Waals surface area contributed by atoms with Gasteiger partial charge >= 0.3 is 0 Å². The van der Waals surface area contributed by atoms with Crippen LogP contribution in [0.4, 0.5) is 0 Å². The van der Waals surface area contributed by atoms with Crippen molar-refractivity contribution in [3.05, 3.63) is 23.8 Å². The molecular formula is C23H38IN3O4. The van der Waals surface area contributed by atoms with Crippen LogP contribution in [-0.2, 0) is 16.0 Å². The summed E-state index contributed by atoms with van der Waals surface area (Å²) < 4.78 is 22.8. The number of ether oxygens (including phenoxy) is 4. The number of hydrogen-bond donors (Lipinski definition) is 2. The van der Waals surface area contributed by atoms with E-state index in [4.69, 9.17) is 23.9 Å². The van der Waals surface area contributed by atoms with E-state index in [1.807, 2.05) is 18.2 Å². The number of guanidine groups is 1. The van der Waals surface area contributed by atoms with E-state index in [0.29, 0.717) is 12.6 Å². The van der Waals surface area contributed by atoms with Crippen LogP contribution < -0.4 is 20.1 Å². The molecule has 0 spiro atoms. The van der Waals surface area contributed by atoms with Crippen molar-refractivity contribution in [2.24, 2.45) is 4.99 Å². The number of nitrogens with zero attached hydrogens (tertiary/aromatic N) is 1. The predicted octanol–water partition coefficient (Wildman–Crippen LogP) is 3.89.